The van der Waals surface area contributed by atoms with Gasteiger partial charge in [0.15, 0.2) is 0 Å². The molecule has 1 N–H and O–H groups in total. The molecule has 0 spiro atoms. The first-order valence-electron chi connectivity index (χ1n) is 7.16. The van der Waals surface area contributed by atoms with Crippen molar-refractivity contribution in [1.29, 1.82) is 0 Å². The normalized spacial score (nSPS) is 11.3. The molecule has 3 rings (SSSR count). The SMILES string of the molecule is Cc1c(C(=O)Nc2nnc(CC(C)C)s2)sc2ccccc12. The Labute approximate surface area is 137 Å². The molecule has 1 aromatic carbocycles. The summed E-state index contributed by atoms with van der Waals surface area (Å²) in [6.07, 6.45) is 0.884. The Bertz CT molecular complexity index is 820. The minimum Gasteiger partial charge on any atom is -0.296 e. The molecule has 0 fully saturated rings. The van der Waals surface area contributed by atoms with E-state index in [2.05, 4.69) is 29.4 Å². The fourth-order valence-electron chi connectivity index (χ4n) is 2.28. The number of amides is 1. The zero-order valence-electron chi connectivity index (χ0n) is 12.7. The number of carbonyl (C=O) groups excluding carboxylic acids is 1. The summed E-state index contributed by atoms with van der Waals surface area (Å²) in [5.74, 6) is 0.423. The van der Waals surface area contributed by atoms with E-state index in [0.717, 1.165) is 32.0 Å². The number of rotatable bonds is 4. The highest BCUT2D eigenvalue weighted by Gasteiger charge is 2.17. The molecule has 0 bridgehead atoms. The average molecular weight is 331 g/mol. The number of nitrogens with one attached hydrogen (secondary N) is 1. The van der Waals surface area contributed by atoms with Gasteiger partial charge in [0.1, 0.15) is 5.01 Å². The van der Waals surface area contributed by atoms with E-state index < -0.39 is 0 Å². The molecular weight excluding hydrogens is 314 g/mol. The maximum atomic E-state index is 12.5. The van der Waals surface area contributed by atoms with E-state index in [9.17, 15) is 4.79 Å². The van der Waals surface area contributed by atoms with Crippen LogP contribution >= 0.6 is 22.7 Å². The Morgan fingerprint density at radius 1 is 1.23 bits per heavy atom. The van der Waals surface area contributed by atoms with Crippen molar-refractivity contribution in [1.82, 2.24) is 10.2 Å². The monoisotopic (exact) mass is 331 g/mol. The molecule has 0 aliphatic carbocycles. The molecule has 0 aliphatic heterocycles. The molecule has 2 aromatic heterocycles. The van der Waals surface area contributed by atoms with Crippen molar-refractivity contribution in [3.63, 3.8) is 0 Å². The van der Waals surface area contributed by atoms with Gasteiger partial charge in [0.25, 0.3) is 5.91 Å². The minimum absolute atomic E-state index is 0.106. The molecule has 0 saturated heterocycles. The van der Waals surface area contributed by atoms with Crippen LogP contribution in [-0.4, -0.2) is 16.1 Å². The van der Waals surface area contributed by atoms with Crippen molar-refractivity contribution in [3.8, 4) is 0 Å². The number of aryl methyl sites for hydroxylation is 1. The second kappa shape index (κ2) is 6.14. The van der Waals surface area contributed by atoms with Crippen LogP contribution in [-0.2, 0) is 6.42 Å². The lowest BCUT2D eigenvalue weighted by atomic mass is 10.1. The Kier molecular flexibility index (Phi) is 4.22. The van der Waals surface area contributed by atoms with E-state index in [0.29, 0.717) is 11.0 Å². The van der Waals surface area contributed by atoms with E-state index in [1.165, 1.54) is 22.7 Å². The molecule has 2 heterocycles. The summed E-state index contributed by atoms with van der Waals surface area (Å²) >= 11 is 2.96. The number of nitrogens with zero attached hydrogens (tertiary/aromatic N) is 2. The highest BCUT2D eigenvalue weighted by atomic mass is 32.1. The lowest BCUT2D eigenvalue weighted by molar-refractivity contribution is 0.103. The predicted molar refractivity (Wildman–Crippen MR) is 93.0 cm³/mol. The van der Waals surface area contributed by atoms with Gasteiger partial charge < -0.3 is 0 Å². The van der Waals surface area contributed by atoms with Crippen LogP contribution in [0.5, 0.6) is 0 Å². The van der Waals surface area contributed by atoms with E-state index in [-0.39, 0.29) is 5.91 Å². The number of fused-ring (bicyclic) bond motifs is 1. The molecule has 3 aromatic rings. The van der Waals surface area contributed by atoms with E-state index in [1.807, 2.05) is 31.2 Å². The quantitative estimate of drug-likeness (QED) is 0.765. The Hall–Kier alpha value is -1.79. The lowest BCUT2D eigenvalue weighted by Gasteiger charge is -2.00. The fraction of sp³-hybridized carbons (Fsp3) is 0.312. The molecule has 0 atom stereocenters. The molecular formula is C16H17N3OS2. The first-order chi connectivity index (χ1) is 10.5. The summed E-state index contributed by atoms with van der Waals surface area (Å²) in [4.78, 5) is 13.2. The standard InChI is InChI=1S/C16H17N3OS2/c1-9(2)8-13-18-19-16(22-13)17-15(20)14-10(3)11-6-4-5-7-12(11)21-14/h4-7,9H,8H2,1-3H3,(H,17,19,20). The maximum absolute atomic E-state index is 12.5. The molecule has 0 radical (unpaired) electrons. The topological polar surface area (TPSA) is 54.9 Å². The van der Waals surface area contributed by atoms with E-state index in [4.69, 9.17) is 0 Å². The lowest BCUT2D eigenvalue weighted by Crippen LogP contribution is -2.11. The van der Waals surface area contributed by atoms with Gasteiger partial charge in [-0.15, -0.1) is 21.5 Å². The van der Waals surface area contributed by atoms with Gasteiger partial charge in [-0.05, 0) is 29.9 Å². The van der Waals surface area contributed by atoms with Gasteiger partial charge in [0.2, 0.25) is 5.13 Å². The fourth-order valence-corrected chi connectivity index (χ4v) is 4.33. The van der Waals surface area contributed by atoms with Crippen LogP contribution in [0.2, 0.25) is 0 Å². The van der Waals surface area contributed by atoms with Gasteiger partial charge in [-0.1, -0.05) is 43.4 Å². The van der Waals surface area contributed by atoms with Crippen molar-refractivity contribution in [2.24, 2.45) is 5.92 Å². The largest absolute Gasteiger partial charge is 0.296 e. The van der Waals surface area contributed by atoms with E-state index in [1.54, 1.807) is 0 Å². The van der Waals surface area contributed by atoms with Crippen molar-refractivity contribution in [3.05, 3.63) is 39.7 Å². The third kappa shape index (κ3) is 3.03. The van der Waals surface area contributed by atoms with Gasteiger partial charge in [-0.2, -0.15) is 0 Å². The smallest absolute Gasteiger partial charge is 0.267 e. The summed E-state index contributed by atoms with van der Waals surface area (Å²) in [5.41, 5.74) is 1.02. The van der Waals surface area contributed by atoms with E-state index >= 15 is 0 Å². The number of thiophene rings is 1. The first-order valence-corrected chi connectivity index (χ1v) is 8.79. The zero-order valence-corrected chi connectivity index (χ0v) is 14.3. The second-order valence-corrected chi connectivity index (χ2v) is 7.72. The molecule has 114 valence electrons. The Morgan fingerprint density at radius 3 is 2.73 bits per heavy atom. The van der Waals surface area contributed by atoms with Crippen LogP contribution in [0.1, 0.15) is 34.1 Å². The van der Waals surface area contributed by atoms with Gasteiger partial charge in [0.05, 0.1) is 4.88 Å². The van der Waals surface area contributed by atoms with Crippen LogP contribution in [0, 0.1) is 12.8 Å². The van der Waals surface area contributed by atoms with Gasteiger partial charge in [-0.25, -0.2) is 0 Å². The summed E-state index contributed by atoms with van der Waals surface area (Å²) in [6, 6.07) is 8.06. The van der Waals surface area contributed by atoms with Crippen LogP contribution < -0.4 is 5.32 Å². The van der Waals surface area contributed by atoms with Gasteiger partial charge >= 0.3 is 0 Å². The number of hydrogen-bond donors (Lipinski definition) is 1. The van der Waals surface area contributed by atoms with Crippen molar-refractivity contribution < 1.29 is 4.79 Å². The van der Waals surface area contributed by atoms with Gasteiger partial charge in [-0.3, -0.25) is 10.1 Å². The molecule has 0 aliphatic rings. The highest BCUT2D eigenvalue weighted by molar-refractivity contribution is 7.21. The number of benzene rings is 1. The maximum Gasteiger partial charge on any atom is 0.267 e. The van der Waals surface area contributed by atoms with Crippen LogP contribution in [0.3, 0.4) is 0 Å². The molecule has 4 nitrogen and oxygen atoms in total. The number of anilines is 1. The number of carbonyl (C=O) groups is 1. The van der Waals surface area contributed by atoms with Crippen LogP contribution in [0.4, 0.5) is 5.13 Å². The van der Waals surface area contributed by atoms with Gasteiger partial charge in [0, 0.05) is 11.1 Å². The Balaban J connectivity index is 1.81. The Morgan fingerprint density at radius 2 is 2.00 bits per heavy atom. The predicted octanol–water partition coefficient (Wildman–Crippen LogP) is 4.51. The first kappa shape index (κ1) is 15.1. The molecule has 0 saturated carbocycles. The van der Waals surface area contributed by atoms with Crippen LogP contribution in [0.15, 0.2) is 24.3 Å². The molecule has 6 heteroatoms. The second-order valence-electron chi connectivity index (χ2n) is 5.61. The third-order valence-electron chi connectivity index (χ3n) is 3.32. The summed E-state index contributed by atoms with van der Waals surface area (Å²) < 4.78 is 1.13. The number of hydrogen-bond acceptors (Lipinski definition) is 5. The molecule has 1 amide bonds. The van der Waals surface area contributed by atoms with Crippen molar-refractivity contribution in [2.45, 2.75) is 27.2 Å². The molecule has 0 unspecified atom stereocenters. The minimum atomic E-state index is -0.106. The average Bonchev–Trinajstić information content (AvgIpc) is 3.04. The summed E-state index contributed by atoms with van der Waals surface area (Å²) in [6.45, 7) is 6.26. The summed E-state index contributed by atoms with van der Waals surface area (Å²) in [7, 11) is 0. The van der Waals surface area contributed by atoms with Crippen LogP contribution in [0.25, 0.3) is 10.1 Å². The molecule has 22 heavy (non-hydrogen) atoms. The number of aromatic nitrogens is 2. The third-order valence-corrected chi connectivity index (χ3v) is 5.45. The highest BCUT2D eigenvalue weighted by Crippen LogP contribution is 2.31. The summed E-state index contributed by atoms with van der Waals surface area (Å²) in [5, 5.41) is 13.7. The van der Waals surface area contributed by atoms with Crippen molar-refractivity contribution in [2.75, 3.05) is 5.32 Å². The van der Waals surface area contributed by atoms with Crippen molar-refractivity contribution >= 4 is 43.8 Å². The zero-order chi connectivity index (χ0) is 15.7.